The summed E-state index contributed by atoms with van der Waals surface area (Å²) in [6, 6.07) is 23.8. The van der Waals surface area contributed by atoms with Crippen LogP contribution in [0.15, 0.2) is 66.7 Å². The smallest absolute Gasteiger partial charge is 0.119 e. The number of ether oxygens (including phenoxy) is 1. The van der Waals surface area contributed by atoms with Gasteiger partial charge in [0.25, 0.3) is 0 Å². The predicted molar refractivity (Wildman–Crippen MR) is 117 cm³/mol. The second-order valence-electron chi connectivity index (χ2n) is 7.17. The zero-order valence-electron chi connectivity index (χ0n) is 16.7. The fraction of sp³-hybridized carbons (Fsp3) is 0.360. The van der Waals surface area contributed by atoms with E-state index in [0.29, 0.717) is 0 Å². The predicted octanol–water partition coefficient (Wildman–Crippen LogP) is 6.83. The molecule has 0 amide bonds. The van der Waals surface area contributed by atoms with E-state index in [4.69, 9.17) is 4.74 Å². The lowest BCUT2D eigenvalue weighted by Gasteiger charge is -2.26. The minimum Gasteiger partial charge on any atom is -0.497 e. The molecule has 0 atom stereocenters. The van der Waals surface area contributed by atoms with Crippen molar-refractivity contribution in [3.8, 4) is 5.75 Å². The Hall–Kier alpha value is -2.48. The van der Waals surface area contributed by atoms with Crippen LogP contribution in [0.4, 0.5) is 5.69 Å². The zero-order valence-corrected chi connectivity index (χ0v) is 16.7. The van der Waals surface area contributed by atoms with Gasteiger partial charge in [0.15, 0.2) is 0 Å². The summed E-state index contributed by atoms with van der Waals surface area (Å²) in [5.74, 6) is 0.909. The molecule has 0 spiro atoms. The van der Waals surface area contributed by atoms with E-state index in [1.54, 1.807) is 7.11 Å². The van der Waals surface area contributed by atoms with Gasteiger partial charge in [0, 0.05) is 18.8 Å². The average molecular weight is 362 g/mol. The second-order valence-corrected chi connectivity index (χ2v) is 7.17. The quantitative estimate of drug-likeness (QED) is 0.367. The van der Waals surface area contributed by atoms with Gasteiger partial charge in [0.05, 0.1) is 7.11 Å². The average Bonchev–Trinajstić information content (AvgIpc) is 2.73. The van der Waals surface area contributed by atoms with Crippen LogP contribution in [0, 0.1) is 0 Å². The van der Waals surface area contributed by atoms with Crippen LogP contribution < -0.4 is 9.64 Å². The molecule has 0 bridgehead atoms. The van der Waals surface area contributed by atoms with Crippen LogP contribution in [0.2, 0.25) is 0 Å². The van der Waals surface area contributed by atoms with Crippen LogP contribution in [0.1, 0.15) is 44.6 Å². The molecule has 0 N–H and O–H groups in total. The van der Waals surface area contributed by atoms with Gasteiger partial charge >= 0.3 is 0 Å². The van der Waals surface area contributed by atoms with Gasteiger partial charge in [-0.15, -0.1) is 0 Å². The number of rotatable bonds is 10. The molecule has 3 aromatic rings. The molecule has 2 heteroatoms. The van der Waals surface area contributed by atoms with Crippen molar-refractivity contribution in [3.05, 3.63) is 72.3 Å². The Bertz CT molecular complexity index is 820. The van der Waals surface area contributed by atoms with E-state index in [9.17, 15) is 0 Å². The Morgan fingerprint density at radius 1 is 0.778 bits per heavy atom. The minimum absolute atomic E-state index is 0.909. The molecule has 0 radical (unpaired) electrons. The number of hydrogen-bond acceptors (Lipinski definition) is 2. The Kier molecular flexibility index (Phi) is 7.15. The van der Waals surface area contributed by atoms with Crippen molar-refractivity contribution in [2.24, 2.45) is 0 Å². The molecule has 0 heterocycles. The van der Waals surface area contributed by atoms with Crippen LogP contribution in [0.5, 0.6) is 5.75 Å². The number of anilines is 1. The lowest BCUT2D eigenvalue weighted by Crippen LogP contribution is -2.24. The number of methoxy groups -OCH3 is 1. The monoisotopic (exact) mass is 361 g/mol. The molecule has 0 unspecified atom stereocenters. The maximum Gasteiger partial charge on any atom is 0.119 e. The molecule has 0 aliphatic heterocycles. The number of hydrogen-bond donors (Lipinski definition) is 0. The molecule has 0 saturated carbocycles. The topological polar surface area (TPSA) is 12.5 Å². The van der Waals surface area contributed by atoms with E-state index in [1.807, 2.05) is 0 Å². The third-order valence-corrected chi connectivity index (χ3v) is 5.21. The summed E-state index contributed by atoms with van der Waals surface area (Å²) in [7, 11) is 1.72. The Balaban J connectivity index is 1.79. The molecular formula is C25H31NO. The van der Waals surface area contributed by atoms with Crippen molar-refractivity contribution in [1.29, 1.82) is 0 Å². The molecule has 2 nitrogen and oxygen atoms in total. The summed E-state index contributed by atoms with van der Waals surface area (Å²) in [4.78, 5) is 2.51. The number of unbranched alkanes of at least 4 members (excludes halogenated alkanes) is 4. The Labute approximate surface area is 163 Å². The molecule has 0 saturated heterocycles. The van der Waals surface area contributed by atoms with Gasteiger partial charge in [-0.05, 0) is 47.0 Å². The molecule has 0 fully saturated rings. The van der Waals surface area contributed by atoms with Crippen LogP contribution in [-0.2, 0) is 6.54 Å². The van der Waals surface area contributed by atoms with Crippen LogP contribution in [0.25, 0.3) is 10.8 Å². The van der Waals surface area contributed by atoms with Gasteiger partial charge in [-0.3, -0.25) is 0 Å². The van der Waals surface area contributed by atoms with E-state index >= 15 is 0 Å². The SMILES string of the molecule is CCCCCCCN(Cc1cccc2ccccc12)c1ccc(OC)cc1. The maximum atomic E-state index is 5.33. The lowest BCUT2D eigenvalue weighted by molar-refractivity contribution is 0.415. The standard InChI is InChI=1S/C25H31NO/c1-3-4-5-6-9-19-26(23-15-17-24(27-2)18-16-23)20-22-13-10-12-21-11-7-8-14-25(21)22/h7-8,10-18H,3-6,9,19-20H2,1-2H3. The lowest BCUT2D eigenvalue weighted by atomic mass is 10.0. The Morgan fingerprint density at radius 3 is 2.30 bits per heavy atom. The van der Waals surface area contributed by atoms with Crippen LogP contribution in [-0.4, -0.2) is 13.7 Å². The van der Waals surface area contributed by atoms with Gasteiger partial charge in [-0.25, -0.2) is 0 Å². The summed E-state index contributed by atoms with van der Waals surface area (Å²) in [6.07, 6.45) is 6.50. The van der Waals surface area contributed by atoms with Crippen molar-refractivity contribution in [2.75, 3.05) is 18.6 Å². The van der Waals surface area contributed by atoms with E-state index < -0.39 is 0 Å². The number of benzene rings is 3. The van der Waals surface area contributed by atoms with Crippen LogP contribution >= 0.6 is 0 Å². The summed E-state index contributed by atoms with van der Waals surface area (Å²) >= 11 is 0. The second kappa shape index (κ2) is 10.0. The van der Waals surface area contributed by atoms with Crippen molar-refractivity contribution in [2.45, 2.75) is 45.6 Å². The highest BCUT2D eigenvalue weighted by atomic mass is 16.5. The molecule has 3 rings (SSSR count). The highest BCUT2D eigenvalue weighted by molar-refractivity contribution is 5.85. The summed E-state index contributed by atoms with van der Waals surface area (Å²) < 4.78 is 5.33. The molecule has 0 aliphatic carbocycles. The normalized spacial score (nSPS) is 10.9. The van der Waals surface area contributed by atoms with E-state index in [0.717, 1.165) is 18.8 Å². The largest absolute Gasteiger partial charge is 0.497 e. The number of fused-ring (bicyclic) bond motifs is 1. The van der Waals surface area contributed by atoms with E-state index in [-0.39, 0.29) is 0 Å². The third kappa shape index (κ3) is 5.26. The first-order valence-electron chi connectivity index (χ1n) is 10.2. The maximum absolute atomic E-state index is 5.33. The van der Waals surface area contributed by atoms with Gasteiger partial charge in [-0.2, -0.15) is 0 Å². The van der Waals surface area contributed by atoms with E-state index in [2.05, 4.69) is 78.6 Å². The van der Waals surface area contributed by atoms with Crippen molar-refractivity contribution in [1.82, 2.24) is 0 Å². The molecule has 0 aliphatic rings. The summed E-state index contributed by atoms with van der Waals surface area (Å²) in [5, 5.41) is 2.66. The molecule has 3 aromatic carbocycles. The third-order valence-electron chi connectivity index (χ3n) is 5.21. The summed E-state index contributed by atoms with van der Waals surface area (Å²) in [5.41, 5.74) is 2.65. The molecule has 27 heavy (non-hydrogen) atoms. The summed E-state index contributed by atoms with van der Waals surface area (Å²) in [6.45, 7) is 4.28. The number of nitrogens with zero attached hydrogens (tertiary/aromatic N) is 1. The van der Waals surface area contributed by atoms with Gasteiger partial charge in [-0.1, -0.05) is 75.1 Å². The highest BCUT2D eigenvalue weighted by Crippen LogP contribution is 2.25. The first-order valence-corrected chi connectivity index (χ1v) is 10.2. The molecular weight excluding hydrogens is 330 g/mol. The Morgan fingerprint density at radius 2 is 1.52 bits per heavy atom. The van der Waals surface area contributed by atoms with Gasteiger partial charge < -0.3 is 9.64 Å². The first-order chi connectivity index (χ1) is 13.3. The van der Waals surface area contributed by atoms with Gasteiger partial charge in [0.2, 0.25) is 0 Å². The highest BCUT2D eigenvalue weighted by Gasteiger charge is 2.10. The zero-order chi connectivity index (χ0) is 18.9. The fourth-order valence-electron chi connectivity index (χ4n) is 3.63. The fourth-order valence-corrected chi connectivity index (χ4v) is 3.63. The van der Waals surface area contributed by atoms with Crippen LogP contribution in [0.3, 0.4) is 0 Å². The van der Waals surface area contributed by atoms with Crippen molar-refractivity contribution in [3.63, 3.8) is 0 Å². The minimum atomic E-state index is 0.909. The molecule has 142 valence electrons. The van der Waals surface area contributed by atoms with Crippen molar-refractivity contribution >= 4 is 16.5 Å². The molecule has 0 aromatic heterocycles. The van der Waals surface area contributed by atoms with E-state index in [1.165, 1.54) is 54.1 Å². The first kappa shape index (κ1) is 19.3. The van der Waals surface area contributed by atoms with Gasteiger partial charge in [0.1, 0.15) is 5.75 Å². The van der Waals surface area contributed by atoms with Crippen molar-refractivity contribution < 1.29 is 4.74 Å².